The van der Waals surface area contributed by atoms with Crippen LogP contribution in [-0.4, -0.2) is 23.8 Å². The van der Waals surface area contributed by atoms with E-state index in [-0.39, 0.29) is 16.9 Å². The van der Waals surface area contributed by atoms with Crippen molar-refractivity contribution in [3.05, 3.63) is 70.1 Å². The summed E-state index contributed by atoms with van der Waals surface area (Å²) in [6.45, 7) is 1.59. The summed E-state index contributed by atoms with van der Waals surface area (Å²) in [7, 11) is 1.54. The first-order valence-electron chi connectivity index (χ1n) is 7.74. The average Bonchev–Trinajstić information content (AvgIpc) is 2.65. The first kappa shape index (κ1) is 17.2. The maximum atomic E-state index is 12.1. The fourth-order valence-corrected chi connectivity index (χ4v) is 2.35. The molecule has 0 atom stereocenters. The first-order chi connectivity index (χ1) is 12.5. The molecule has 0 unspecified atom stereocenters. The third-order valence-corrected chi connectivity index (χ3v) is 3.79. The van der Waals surface area contributed by atoms with E-state index in [1.807, 2.05) is 0 Å². The zero-order valence-corrected chi connectivity index (χ0v) is 14.1. The third-order valence-electron chi connectivity index (χ3n) is 3.79. The van der Waals surface area contributed by atoms with Gasteiger partial charge in [0.1, 0.15) is 17.1 Å². The topological polar surface area (TPSA) is 101 Å². The van der Waals surface area contributed by atoms with Crippen molar-refractivity contribution in [1.82, 2.24) is 5.43 Å². The van der Waals surface area contributed by atoms with Gasteiger partial charge in [-0.3, -0.25) is 4.79 Å². The lowest BCUT2D eigenvalue weighted by Gasteiger charge is -2.05. The second kappa shape index (κ2) is 7.10. The minimum atomic E-state index is -0.608. The van der Waals surface area contributed by atoms with Gasteiger partial charge in [0.25, 0.3) is 5.91 Å². The summed E-state index contributed by atoms with van der Waals surface area (Å²) >= 11 is 0. The maximum absolute atomic E-state index is 12.1. The lowest BCUT2D eigenvalue weighted by Crippen LogP contribution is -2.21. The molecule has 1 amide bonds. The first-order valence-corrected chi connectivity index (χ1v) is 7.74. The van der Waals surface area contributed by atoms with Gasteiger partial charge in [0.15, 0.2) is 0 Å². The molecule has 0 saturated heterocycles. The molecule has 0 fully saturated rings. The molecular formula is C19H16N2O5. The normalized spacial score (nSPS) is 11.4. The molecule has 0 aliphatic rings. The highest BCUT2D eigenvalue weighted by molar-refractivity contribution is 6.02. The standard InChI is InChI=1S/C19H16N2O5/c1-11(20-21-18(23)12-4-7-15(25-2)8-5-12)16-9-13-3-6-14(22)10-17(13)26-19(16)24/h3-10,22H,1-2H3,(H,21,23)/b20-11+. The highest BCUT2D eigenvalue weighted by atomic mass is 16.5. The van der Waals surface area contributed by atoms with E-state index in [0.717, 1.165) is 0 Å². The summed E-state index contributed by atoms with van der Waals surface area (Å²) in [5.41, 5.74) is 3.00. The summed E-state index contributed by atoms with van der Waals surface area (Å²) < 4.78 is 10.2. The van der Waals surface area contributed by atoms with Gasteiger partial charge in [-0.05, 0) is 49.4 Å². The molecule has 2 N–H and O–H groups in total. The molecule has 7 nitrogen and oxygen atoms in total. The number of nitrogens with zero attached hydrogens (tertiary/aromatic N) is 1. The van der Waals surface area contributed by atoms with Crippen LogP contribution in [0.3, 0.4) is 0 Å². The molecule has 3 rings (SSSR count). The van der Waals surface area contributed by atoms with E-state index in [0.29, 0.717) is 22.4 Å². The summed E-state index contributed by atoms with van der Waals surface area (Å²) in [5, 5.41) is 14.1. The predicted octanol–water partition coefficient (Wildman–Crippen LogP) is 2.66. The Balaban J connectivity index is 1.83. The number of phenols is 1. The molecule has 0 radical (unpaired) electrons. The maximum Gasteiger partial charge on any atom is 0.345 e. The number of aromatic hydroxyl groups is 1. The van der Waals surface area contributed by atoms with Crippen molar-refractivity contribution in [2.45, 2.75) is 6.92 Å². The Bertz CT molecular complexity index is 1050. The van der Waals surface area contributed by atoms with Crippen molar-refractivity contribution in [3.63, 3.8) is 0 Å². The predicted molar refractivity (Wildman–Crippen MR) is 96.8 cm³/mol. The Morgan fingerprint density at radius 2 is 1.88 bits per heavy atom. The van der Waals surface area contributed by atoms with Gasteiger partial charge >= 0.3 is 5.63 Å². The van der Waals surface area contributed by atoms with Crippen LogP contribution >= 0.6 is 0 Å². The number of hydrogen-bond acceptors (Lipinski definition) is 6. The molecule has 1 aromatic heterocycles. The molecule has 0 spiro atoms. The molecule has 0 bridgehead atoms. The van der Waals surface area contributed by atoms with Crippen molar-refractivity contribution in [1.29, 1.82) is 0 Å². The number of carbonyl (C=O) groups excluding carboxylic acids is 1. The molecule has 0 aliphatic heterocycles. The van der Waals surface area contributed by atoms with Crippen molar-refractivity contribution in [3.8, 4) is 11.5 Å². The van der Waals surface area contributed by atoms with Crippen LogP contribution in [-0.2, 0) is 0 Å². The zero-order chi connectivity index (χ0) is 18.7. The van der Waals surface area contributed by atoms with Gasteiger partial charge in [0.05, 0.1) is 18.4 Å². The molecule has 1 heterocycles. The van der Waals surface area contributed by atoms with Crippen LogP contribution < -0.4 is 15.8 Å². The quantitative estimate of drug-likeness (QED) is 0.427. The summed E-state index contributed by atoms with van der Waals surface area (Å²) in [6, 6.07) is 12.6. The van der Waals surface area contributed by atoms with Crippen molar-refractivity contribution < 1.29 is 19.1 Å². The molecule has 26 heavy (non-hydrogen) atoms. The second-order valence-corrected chi connectivity index (χ2v) is 5.54. The minimum absolute atomic E-state index is 0.00513. The summed E-state index contributed by atoms with van der Waals surface area (Å²) in [4.78, 5) is 24.2. The monoisotopic (exact) mass is 352 g/mol. The van der Waals surface area contributed by atoms with Gasteiger partial charge in [-0.1, -0.05) is 0 Å². The number of hydrogen-bond donors (Lipinski definition) is 2. The number of nitrogens with one attached hydrogen (secondary N) is 1. The number of rotatable bonds is 4. The van der Waals surface area contributed by atoms with E-state index >= 15 is 0 Å². The van der Waals surface area contributed by atoms with Gasteiger partial charge in [-0.25, -0.2) is 10.2 Å². The van der Waals surface area contributed by atoms with E-state index in [9.17, 15) is 14.7 Å². The summed E-state index contributed by atoms with van der Waals surface area (Å²) in [5.74, 6) is 0.230. The van der Waals surface area contributed by atoms with E-state index < -0.39 is 11.5 Å². The number of methoxy groups -OCH3 is 1. The van der Waals surface area contributed by atoms with Crippen molar-refractivity contribution >= 4 is 22.6 Å². The minimum Gasteiger partial charge on any atom is -0.508 e. The van der Waals surface area contributed by atoms with Crippen LogP contribution in [0.2, 0.25) is 0 Å². The van der Waals surface area contributed by atoms with Crippen LogP contribution in [0.25, 0.3) is 11.0 Å². The molecule has 0 saturated carbocycles. The van der Waals surface area contributed by atoms with Gasteiger partial charge < -0.3 is 14.3 Å². The van der Waals surface area contributed by atoms with Gasteiger partial charge in [-0.15, -0.1) is 0 Å². The number of fused-ring (bicyclic) bond motifs is 1. The molecule has 0 aliphatic carbocycles. The van der Waals surface area contributed by atoms with Crippen LogP contribution in [0.5, 0.6) is 11.5 Å². The molecule has 7 heteroatoms. The van der Waals surface area contributed by atoms with Crippen molar-refractivity contribution in [2.24, 2.45) is 5.10 Å². The Labute approximate surface area is 148 Å². The van der Waals surface area contributed by atoms with E-state index in [2.05, 4.69) is 10.5 Å². The van der Waals surface area contributed by atoms with Crippen molar-refractivity contribution in [2.75, 3.05) is 7.11 Å². The van der Waals surface area contributed by atoms with E-state index in [1.165, 1.54) is 12.1 Å². The zero-order valence-electron chi connectivity index (χ0n) is 14.1. The Morgan fingerprint density at radius 1 is 1.15 bits per heavy atom. The van der Waals surface area contributed by atoms with E-state index in [4.69, 9.17) is 9.15 Å². The van der Waals surface area contributed by atoms with Gasteiger partial charge in [-0.2, -0.15) is 5.10 Å². The third kappa shape index (κ3) is 3.56. The highest BCUT2D eigenvalue weighted by Crippen LogP contribution is 2.19. The number of phenolic OH excluding ortho intramolecular Hbond substituents is 1. The highest BCUT2D eigenvalue weighted by Gasteiger charge is 2.10. The van der Waals surface area contributed by atoms with Gasteiger partial charge in [0.2, 0.25) is 0 Å². The lowest BCUT2D eigenvalue weighted by molar-refractivity contribution is 0.0955. The molecule has 3 aromatic rings. The Morgan fingerprint density at radius 3 is 2.58 bits per heavy atom. The molecule has 2 aromatic carbocycles. The number of amides is 1. The second-order valence-electron chi connectivity index (χ2n) is 5.54. The molecule has 132 valence electrons. The number of benzene rings is 2. The number of carbonyl (C=O) groups is 1. The van der Waals surface area contributed by atoms with Crippen LogP contribution in [0, 0.1) is 0 Å². The fraction of sp³-hybridized carbons (Fsp3) is 0.105. The van der Waals surface area contributed by atoms with E-state index in [1.54, 1.807) is 50.4 Å². The smallest absolute Gasteiger partial charge is 0.345 e. The van der Waals surface area contributed by atoms with Crippen LogP contribution in [0.1, 0.15) is 22.8 Å². The number of hydrazone groups is 1. The fourth-order valence-electron chi connectivity index (χ4n) is 2.35. The molecular weight excluding hydrogens is 336 g/mol. The van der Waals surface area contributed by atoms with Gasteiger partial charge in [0, 0.05) is 17.0 Å². The van der Waals surface area contributed by atoms with Crippen LogP contribution in [0.4, 0.5) is 0 Å². The lowest BCUT2D eigenvalue weighted by atomic mass is 10.1. The largest absolute Gasteiger partial charge is 0.508 e. The number of ether oxygens (including phenoxy) is 1. The average molecular weight is 352 g/mol. The Kier molecular flexibility index (Phi) is 4.70. The Hall–Kier alpha value is -3.61. The van der Waals surface area contributed by atoms with Crippen LogP contribution in [0.15, 0.2) is 62.8 Å². The summed E-state index contributed by atoms with van der Waals surface area (Å²) in [6.07, 6.45) is 0. The SMILES string of the molecule is COc1ccc(C(=O)N/N=C(\C)c2cc3ccc(O)cc3oc2=O)cc1.